The van der Waals surface area contributed by atoms with E-state index in [-0.39, 0.29) is 24.2 Å². The molecule has 20 heavy (non-hydrogen) atoms. The van der Waals surface area contributed by atoms with Crippen LogP contribution in [0.5, 0.6) is 0 Å². The van der Waals surface area contributed by atoms with Gasteiger partial charge in [0.2, 0.25) is 5.91 Å². The molecule has 0 radical (unpaired) electrons. The Morgan fingerprint density at radius 2 is 2.00 bits per heavy atom. The zero-order valence-corrected chi connectivity index (χ0v) is 12.5. The van der Waals surface area contributed by atoms with Crippen LogP contribution in [0.1, 0.15) is 38.9 Å². The van der Waals surface area contributed by atoms with Crippen molar-refractivity contribution in [3.05, 3.63) is 35.9 Å². The lowest BCUT2D eigenvalue weighted by Crippen LogP contribution is -2.41. The minimum atomic E-state index is -0.0933. The van der Waals surface area contributed by atoms with Crippen molar-refractivity contribution in [2.24, 2.45) is 0 Å². The van der Waals surface area contributed by atoms with Gasteiger partial charge in [0, 0.05) is 6.61 Å². The topological polar surface area (TPSA) is 41.6 Å². The first kappa shape index (κ1) is 15.0. The van der Waals surface area contributed by atoms with Crippen LogP contribution >= 0.6 is 0 Å². The second kappa shape index (κ2) is 6.86. The number of amides is 1. The van der Waals surface area contributed by atoms with Gasteiger partial charge in [-0.05, 0) is 25.8 Å². The molecular formula is C16H24N2O2. The maximum atomic E-state index is 12.5. The highest BCUT2D eigenvalue weighted by molar-refractivity contribution is 5.84. The van der Waals surface area contributed by atoms with Crippen molar-refractivity contribution >= 4 is 5.91 Å². The monoisotopic (exact) mass is 276 g/mol. The average molecular weight is 276 g/mol. The predicted molar refractivity (Wildman–Crippen MR) is 79.2 cm³/mol. The third-order valence-corrected chi connectivity index (χ3v) is 3.75. The number of benzene rings is 1. The second-order valence-electron chi connectivity index (χ2n) is 5.19. The normalized spacial score (nSPS) is 24.1. The van der Waals surface area contributed by atoms with E-state index in [2.05, 4.69) is 17.4 Å². The Bertz CT molecular complexity index is 435. The number of hydrogen-bond acceptors (Lipinski definition) is 3. The van der Waals surface area contributed by atoms with E-state index in [1.54, 1.807) is 0 Å². The molecule has 0 aromatic heterocycles. The van der Waals surface area contributed by atoms with E-state index < -0.39 is 0 Å². The zero-order chi connectivity index (χ0) is 14.5. The number of nitrogens with one attached hydrogen (secondary N) is 1. The lowest BCUT2D eigenvalue weighted by atomic mass is 10.1. The van der Waals surface area contributed by atoms with Crippen LogP contribution in [0.25, 0.3) is 0 Å². The summed E-state index contributed by atoms with van der Waals surface area (Å²) < 4.78 is 5.49. The number of ether oxygens (including phenoxy) is 1. The molecule has 0 saturated carbocycles. The molecule has 0 bridgehead atoms. The SMILES string of the molecule is CCOCC(C)N1C(=O)C(CC)NC1c1ccccc1. The molecule has 2 rings (SSSR count). The van der Waals surface area contributed by atoms with Crippen LogP contribution in [0.4, 0.5) is 0 Å². The van der Waals surface area contributed by atoms with Gasteiger partial charge in [0.25, 0.3) is 0 Å². The molecule has 4 nitrogen and oxygen atoms in total. The van der Waals surface area contributed by atoms with Gasteiger partial charge in [-0.3, -0.25) is 10.1 Å². The Labute approximate surface area is 121 Å². The van der Waals surface area contributed by atoms with Crippen molar-refractivity contribution in [1.82, 2.24) is 10.2 Å². The third kappa shape index (κ3) is 3.02. The summed E-state index contributed by atoms with van der Waals surface area (Å²) >= 11 is 0. The predicted octanol–water partition coefficient (Wildman–Crippen LogP) is 2.32. The molecule has 3 atom stereocenters. The summed E-state index contributed by atoms with van der Waals surface area (Å²) in [4.78, 5) is 14.5. The highest BCUT2D eigenvalue weighted by Crippen LogP contribution is 2.28. The van der Waals surface area contributed by atoms with E-state index in [0.29, 0.717) is 13.2 Å². The Kier molecular flexibility index (Phi) is 5.15. The number of nitrogens with zero attached hydrogens (tertiary/aromatic N) is 1. The Morgan fingerprint density at radius 3 is 2.60 bits per heavy atom. The minimum Gasteiger partial charge on any atom is -0.380 e. The van der Waals surface area contributed by atoms with E-state index in [1.165, 1.54) is 0 Å². The quantitative estimate of drug-likeness (QED) is 0.867. The molecule has 1 heterocycles. The van der Waals surface area contributed by atoms with Crippen LogP contribution in [-0.2, 0) is 9.53 Å². The number of carbonyl (C=O) groups excluding carboxylic acids is 1. The van der Waals surface area contributed by atoms with E-state index in [0.717, 1.165) is 12.0 Å². The van der Waals surface area contributed by atoms with E-state index >= 15 is 0 Å². The molecule has 3 unspecified atom stereocenters. The molecule has 4 heteroatoms. The number of carbonyl (C=O) groups is 1. The molecule has 110 valence electrons. The molecule has 1 aliphatic rings. The van der Waals surface area contributed by atoms with E-state index in [4.69, 9.17) is 4.74 Å². The maximum absolute atomic E-state index is 12.5. The van der Waals surface area contributed by atoms with Crippen molar-refractivity contribution in [1.29, 1.82) is 0 Å². The molecule has 1 aromatic carbocycles. The van der Waals surface area contributed by atoms with Gasteiger partial charge < -0.3 is 9.64 Å². The van der Waals surface area contributed by atoms with Gasteiger partial charge in [0.1, 0.15) is 6.17 Å². The van der Waals surface area contributed by atoms with Gasteiger partial charge in [0.15, 0.2) is 0 Å². The molecule has 1 saturated heterocycles. The van der Waals surface area contributed by atoms with Crippen molar-refractivity contribution in [3.8, 4) is 0 Å². The van der Waals surface area contributed by atoms with Gasteiger partial charge in [-0.15, -0.1) is 0 Å². The fourth-order valence-electron chi connectivity index (χ4n) is 2.67. The highest BCUT2D eigenvalue weighted by Gasteiger charge is 2.40. The molecule has 0 spiro atoms. The summed E-state index contributed by atoms with van der Waals surface area (Å²) in [6.45, 7) is 7.30. The third-order valence-electron chi connectivity index (χ3n) is 3.75. The van der Waals surface area contributed by atoms with E-state index in [9.17, 15) is 4.79 Å². The van der Waals surface area contributed by atoms with E-state index in [1.807, 2.05) is 43.9 Å². The van der Waals surface area contributed by atoms with Gasteiger partial charge in [0.05, 0.1) is 18.7 Å². The lowest BCUT2D eigenvalue weighted by Gasteiger charge is -2.30. The average Bonchev–Trinajstić information content (AvgIpc) is 2.82. The summed E-state index contributed by atoms with van der Waals surface area (Å²) in [5.74, 6) is 0.175. The molecule has 1 aliphatic heterocycles. The number of hydrogen-bond donors (Lipinski definition) is 1. The van der Waals surface area contributed by atoms with Gasteiger partial charge >= 0.3 is 0 Å². The summed E-state index contributed by atoms with van der Waals surface area (Å²) in [5, 5.41) is 3.43. The maximum Gasteiger partial charge on any atom is 0.241 e. The van der Waals surface area contributed by atoms with Crippen LogP contribution in [0, 0.1) is 0 Å². The van der Waals surface area contributed by atoms with Crippen molar-refractivity contribution < 1.29 is 9.53 Å². The van der Waals surface area contributed by atoms with Crippen LogP contribution in [0.2, 0.25) is 0 Å². The first-order valence-corrected chi connectivity index (χ1v) is 7.39. The van der Waals surface area contributed by atoms with Crippen LogP contribution in [0.3, 0.4) is 0 Å². The summed E-state index contributed by atoms with van der Waals surface area (Å²) in [6.07, 6.45) is 0.754. The zero-order valence-electron chi connectivity index (χ0n) is 12.5. The summed E-state index contributed by atoms with van der Waals surface area (Å²) in [6, 6.07) is 10.1. The second-order valence-corrected chi connectivity index (χ2v) is 5.19. The standard InChI is InChI=1S/C16H24N2O2/c1-4-14-16(19)18(12(3)11-20-5-2)15(17-14)13-9-7-6-8-10-13/h6-10,12,14-15,17H,4-5,11H2,1-3H3. The fraction of sp³-hybridized carbons (Fsp3) is 0.562. The Morgan fingerprint density at radius 1 is 1.30 bits per heavy atom. The number of rotatable bonds is 6. The smallest absolute Gasteiger partial charge is 0.241 e. The fourth-order valence-corrected chi connectivity index (χ4v) is 2.67. The highest BCUT2D eigenvalue weighted by atomic mass is 16.5. The van der Waals surface area contributed by atoms with Crippen molar-refractivity contribution in [3.63, 3.8) is 0 Å². The summed E-state index contributed by atoms with van der Waals surface area (Å²) in [5.41, 5.74) is 1.13. The molecule has 1 aromatic rings. The molecular weight excluding hydrogens is 252 g/mol. The lowest BCUT2D eigenvalue weighted by molar-refractivity contribution is -0.133. The van der Waals surface area contributed by atoms with Gasteiger partial charge in [-0.25, -0.2) is 0 Å². The molecule has 0 aliphatic carbocycles. The van der Waals surface area contributed by atoms with Crippen molar-refractivity contribution in [2.75, 3.05) is 13.2 Å². The van der Waals surface area contributed by atoms with Crippen molar-refractivity contribution in [2.45, 2.75) is 45.4 Å². The first-order chi connectivity index (χ1) is 9.69. The molecule has 1 N–H and O–H groups in total. The Hall–Kier alpha value is -1.39. The van der Waals surface area contributed by atoms with Gasteiger partial charge in [-0.1, -0.05) is 37.3 Å². The van der Waals surface area contributed by atoms with Crippen LogP contribution in [-0.4, -0.2) is 36.1 Å². The van der Waals surface area contributed by atoms with Crippen LogP contribution in [0.15, 0.2) is 30.3 Å². The first-order valence-electron chi connectivity index (χ1n) is 7.39. The minimum absolute atomic E-state index is 0.0518. The summed E-state index contributed by atoms with van der Waals surface area (Å²) in [7, 11) is 0. The molecule has 1 fully saturated rings. The van der Waals surface area contributed by atoms with Gasteiger partial charge in [-0.2, -0.15) is 0 Å². The Balaban J connectivity index is 2.21. The van der Waals surface area contributed by atoms with Crippen LogP contribution < -0.4 is 5.32 Å². The largest absolute Gasteiger partial charge is 0.380 e. The molecule has 1 amide bonds.